The average Bonchev–Trinajstić information content (AvgIpc) is 2.66. The van der Waals surface area contributed by atoms with Gasteiger partial charge in [-0.2, -0.15) is 0 Å². The molecule has 1 heterocycles. The number of fused-ring (bicyclic) bond motifs is 1. The molecular formula is C18H18ClN3O. The summed E-state index contributed by atoms with van der Waals surface area (Å²) in [5.74, 6) is -0.0362. The minimum Gasteiger partial charge on any atom is -0.378 e. The Bertz CT molecular complexity index is 799. The zero-order chi connectivity index (χ0) is 16.6. The third-order valence-electron chi connectivity index (χ3n) is 3.99. The number of aliphatic imine (C=N–C) groups is 1. The number of amides is 1. The molecule has 0 saturated heterocycles. The topological polar surface area (TPSA) is 35.9 Å². The number of hydrogen-bond donors (Lipinski definition) is 0. The second-order valence-corrected chi connectivity index (χ2v) is 6.10. The van der Waals surface area contributed by atoms with Crippen LogP contribution < -0.4 is 9.80 Å². The largest absolute Gasteiger partial charge is 0.378 e. The molecule has 0 aromatic heterocycles. The van der Waals surface area contributed by atoms with Crippen molar-refractivity contribution < 1.29 is 4.79 Å². The van der Waals surface area contributed by atoms with Gasteiger partial charge in [0.1, 0.15) is 6.54 Å². The minimum atomic E-state index is -0.0362. The molecule has 4 nitrogen and oxygen atoms in total. The predicted octanol–water partition coefficient (Wildman–Crippen LogP) is 3.22. The molecule has 118 valence electrons. The predicted molar refractivity (Wildman–Crippen MR) is 96.1 cm³/mol. The summed E-state index contributed by atoms with van der Waals surface area (Å²) in [6.45, 7) is 0.114. The molecular weight excluding hydrogens is 310 g/mol. The molecule has 2 aromatic carbocycles. The number of carbonyl (C=O) groups excluding carboxylic acids is 1. The molecule has 1 aliphatic rings. The van der Waals surface area contributed by atoms with Crippen LogP contribution in [0.3, 0.4) is 0 Å². The summed E-state index contributed by atoms with van der Waals surface area (Å²) in [5.41, 5.74) is 4.40. The fourth-order valence-electron chi connectivity index (χ4n) is 2.64. The van der Waals surface area contributed by atoms with Crippen LogP contribution >= 0.6 is 11.6 Å². The van der Waals surface area contributed by atoms with Gasteiger partial charge in [-0.25, -0.2) is 0 Å². The molecule has 5 heteroatoms. The highest BCUT2D eigenvalue weighted by Crippen LogP contribution is 2.31. The SMILES string of the molecule is CN(C)c1ccc2c(c1)C(c1ccccc1Cl)=NCC(=O)N2C. The molecule has 0 saturated carbocycles. The fourth-order valence-corrected chi connectivity index (χ4v) is 2.87. The number of carbonyl (C=O) groups is 1. The first kappa shape index (κ1) is 15.6. The van der Waals surface area contributed by atoms with E-state index in [9.17, 15) is 4.79 Å². The summed E-state index contributed by atoms with van der Waals surface area (Å²) < 4.78 is 0. The average molecular weight is 328 g/mol. The summed E-state index contributed by atoms with van der Waals surface area (Å²) >= 11 is 6.36. The third-order valence-corrected chi connectivity index (χ3v) is 4.32. The number of hydrogen-bond acceptors (Lipinski definition) is 3. The van der Waals surface area contributed by atoms with Crippen molar-refractivity contribution >= 4 is 34.6 Å². The fraction of sp³-hybridized carbons (Fsp3) is 0.222. The van der Waals surface area contributed by atoms with E-state index in [0.717, 1.165) is 28.2 Å². The molecule has 0 aliphatic carbocycles. The lowest BCUT2D eigenvalue weighted by Gasteiger charge is -2.21. The Balaban J connectivity index is 2.25. The second kappa shape index (κ2) is 6.05. The first-order valence-corrected chi connectivity index (χ1v) is 7.74. The quantitative estimate of drug-likeness (QED) is 0.849. The van der Waals surface area contributed by atoms with Crippen LogP contribution in [0.5, 0.6) is 0 Å². The molecule has 1 amide bonds. The molecule has 0 radical (unpaired) electrons. The highest BCUT2D eigenvalue weighted by Gasteiger charge is 2.24. The summed E-state index contributed by atoms with van der Waals surface area (Å²) in [4.78, 5) is 20.5. The van der Waals surface area contributed by atoms with E-state index >= 15 is 0 Å². The second-order valence-electron chi connectivity index (χ2n) is 5.69. The Morgan fingerprint density at radius 1 is 1.13 bits per heavy atom. The Labute approximate surface area is 141 Å². The first-order valence-electron chi connectivity index (χ1n) is 7.36. The van der Waals surface area contributed by atoms with Crippen molar-refractivity contribution in [1.82, 2.24) is 0 Å². The van der Waals surface area contributed by atoms with Crippen molar-refractivity contribution in [3.63, 3.8) is 0 Å². The van der Waals surface area contributed by atoms with E-state index in [4.69, 9.17) is 11.6 Å². The first-order chi connectivity index (χ1) is 11.0. The van der Waals surface area contributed by atoms with E-state index in [0.29, 0.717) is 5.02 Å². The van der Waals surface area contributed by atoms with Gasteiger partial charge in [0.05, 0.1) is 11.4 Å². The smallest absolute Gasteiger partial charge is 0.248 e. The van der Waals surface area contributed by atoms with Crippen LogP contribution in [-0.4, -0.2) is 39.3 Å². The van der Waals surface area contributed by atoms with Gasteiger partial charge in [-0.15, -0.1) is 0 Å². The van der Waals surface area contributed by atoms with E-state index in [1.165, 1.54) is 0 Å². The molecule has 0 spiro atoms. The summed E-state index contributed by atoms with van der Waals surface area (Å²) in [5, 5.41) is 0.629. The van der Waals surface area contributed by atoms with Gasteiger partial charge >= 0.3 is 0 Å². The molecule has 2 aromatic rings. The van der Waals surface area contributed by atoms with Crippen LogP contribution in [0.15, 0.2) is 47.5 Å². The van der Waals surface area contributed by atoms with Crippen molar-refractivity contribution in [3.05, 3.63) is 58.6 Å². The van der Waals surface area contributed by atoms with E-state index < -0.39 is 0 Å². The van der Waals surface area contributed by atoms with Gasteiger partial charge in [0.2, 0.25) is 5.91 Å². The molecule has 0 fully saturated rings. The molecule has 0 unspecified atom stereocenters. The monoisotopic (exact) mass is 327 g/mol. The normalized spacial score (nSPS) is 14.2. The lowest BCUT2D eigenvalue weighted by Crippen LogP contribution is -2.27. The standard InChI is InChI=1S/C18H18ClN3O/c1-21(2)12-8-9-16-14(10-12)18(20-11-17(23)22(16)3)13-6-4-5-7-15(13)19/h4-10H,11H2,1-3H3. The summed E-state index contributed by atoms with van der Waals surface area (Å²) in [6, 6.07) is 13.6. The zero-order valence-electron chi connectivity index (χ0n) is 13.4. The number of benzene rings is 2. The number of anilines is 2. The van der Waals surface area contributed by atoms with Crippen molar-refractivity contribution in [3.8, 4) is 0 Å². The van der Waals surface area contributed by atoms with Gasteiger partial charge in [0.25, 0.3) is 0 Å². The van der Waals surface area contributed by atoms with Gasteiger partial charge < -0.3 is 9.80 Å². The number of halogens is 1. The van der Waals surface area contributed by atoms with E-state index in [-0.39, 0.29) is 12.5 Å². The maximum absolute atomic E-state index is 12.2. The Morgan fingerprint density at radius 3 is 2.57 bits per heavy atom. The van der Waals surface area contributed by atoms with Crippen molar-refractivity contribution in [2.75, 3.05) is 37.5 Å². The molecule has 0 N–H and O–H groups in total. The van der Waals surface area contributed by atoms with E-state index in [1.807, 2.05) is 61.5 Å². The third kappa shape index (κ3) is 2.82. The molecule has 3 rings (SSSR count). The van der Waals surface area contributed by atoms with Gasteiger partial charge in [-0.1, -0.05) is 29.8 Å². The number of likely N-dealkylation sites (N-methyl/N-ethyl adjacent to an activating group) is 1. The van der Waals surface area contributed by atoms with E-state index in [2.05, 4.69) is 4.99 Å². The lowest BCUT2D eigenvalue weighted by molar-refractivity contribution is -0.116. The van der Waals surface area contributed by atoms with Gasteiger partial charge in [-0.05, 0) is 24.3 Å². The minimum absolute atomic E-state index is 0.0362. The van der Waals surface area contributed by atoms with Gasteiger partial charge in [0.15, 0.2) is 0 Å². The Morgan fingerprint density at radius 2 is 1.87 bits per heavy atom. The number of rotatable bonds is 2. The maximum atomic E-state index is 12.2. The molecule has 1 aliphatic heterocycles. The molecule has 0 bridgehead atoms. The van der Waals surface area contributed by atoms with Crippen LogP contribution in [0.25, 0.3) is 0 Å². The lowest BCUT2D eigenvalue weighted by atomic mass is 9.99. The Hall–Kier alpha value is -2.33. The zero-order valence-corrected chi connectivity index (χ0v) is 14.1. The van der Waals surface area contributed by atoms with Gasteiger partial charge in [0, 0.05) is 43.0 Å². The number of benzodiazepines with no additional fused rings is 1. The van der Waals surface area contributed by atoms with Crippen molar-refractivity contribution in [2.45, 2.75) is 0 Å². The van der Waals surface area contributed by atoms with Crippen LogP contribution in [0.2, 0.25) is 5.02 Å². The summed E-state index contributed by atoms with van der Waals surface area (Å²) in [6.07, 6.45) is 0. The number of nitrogens with zero attached hydrogens (tertiary/aromatic N) is 3. The highest BCUT2D eigenvalue weighted by atomic mass is 35.5. The molecule has 0 atom stereocenters. The maximum Gasteiger partial charge on any atom is 0.248 e. The van der Waals surface area contributed by atoms with Crippen LogP contribution in [0.1, 0.15) is 11.1 Å². The van der Waals surface area contributed by atoms with Gasteiger partial charge in [-0.3, -0.25) is 9.79 Å². The van der Waals surface area contributed by atoms with Crippen molar-refractivity contribution in [1.29, 1.82) is 0 Å². The summed E-state index contributed by atoms with van der Waals surface area (Å²) in [7, 11) is 5.75. The molecule has 23 heavy (non-hydrogen) atoms. The Kier molecular flexibility index (Phi) is 4.09. The highest BCUT2D eigenvalue weighted by molar-refractivity contribution is 6.36. The van der Waals surface area contributed by atoms with Crippen LogP contribution in [0, 0.1) is 0 Å². The van der Waals surface area contributed by atoms with E-state index in [1.54, 1.807) is 11.9 Å². The van der Waals surface area contributed by atoms with Crippen LogP contribution in [0.4, 0.5) is 11.4 Å². The van der Waals surface area contributed by atoms with Crippen LogP contribution in [-0.2, 0) is 4.79 Å². The van der Waals surface area contributed by atoms with Crippen molar-refractivity contribution in [2.24, 2.45) is 4.99 Å².